The van der Waals surface area contributed by atoms with E-state index < -0.39 is 30.6 Å². The average Bonchev–Trinajstić information content (AvgIpc) is 3.85. The summed E-state index contributed by atoms with van der Waals surface area (Å²) in [4.78, 5) is 0. The summed E-state index contributed by atoms with van der Waals surface area (Å²) in [6.07, 6.45) is 5.79. The third-order valence-electron chi connectivity index (χ3n) is 13.6. The molecule has 0 aromatic heterocycles. The average molecular weight is 1160 g/mol. The number of hydrogen-bond acceptors (Lipinski definition) is 13. The zero-order valence-corrected chi connectivity index (χ0v) is 50.0. The van der Waals surface area contributed by atoms with Crippen LogP contribution in [0.15, 0.2) is 0 Å². The van der Waals surface area contributed by atoms with Gasteiger partial charge in [0.2, 0.25) is 0 Å². The fourth-order valence-electron chi connectivity index (χ4n) is 9.69. The summed E-state index contributed by atoms with van der Waals surface area (Å²) in [7, 11) is 29.0. The van der Waals surface area contributed by atoms with Crippen LogP contribution in [0.1, 0.15) is 86.5 Å². The fraction of sp³-hybridized carbons (Fsp3) is 0.955. The van der Waals surface area contributed by atoms with Gasteiger partial charge in [-0.15, -0.1) is 8.58 Å². The molecule has 0 aliphatic carbocycles. The van der Waals surface area contributed by atoms with E-state index in [0.29, 0.717) is 33.7 Å². The molecule has 5 aliphatic heterocycles. The van der Waals surface area contributed by atoms with Gasteiger partial charge in [0.15, 0.2) is 7.37 Å². The minimum atomic E-state index is -2.47. The molecular formula is C44H88B4BrNi2O13P3-2. The van der Waals surface area contributed by atoms with Crippen LogP contribution in [-0.4, -0.2) is 205 Å². The van der Waals surface area contributed by atoms with Crippen LogP contribution in [0.5, 0.6) is 0 Å². The molecule has 67 heavy (non-hydrogen) atoms. The third-order valence-corrected chi connectivity index (χ3v) is 16.2. The van der Waals surface area contributed by atoms with Crippen molar-refractivity contribution in [3.05, 3.63) is 14.9 Å². The maximum atomic E-state index is 11.9. The monoisotopic (exact) mass is 1160 g/mol. The van der Waals surface area contributed by atoms with E-state index in [9.17, 15) is 9.67 Å². The molecule has 2 N–H and O–H groups in total. The molecule has 0 amide bonds. The van der Waals surface area contributed by atoms with Gasteiger partial charge in [0.25, 0.3) is 0 Å². The molecule has 5 heterocycles. The molecule has 23 heteroatoms. The van der Waals surface area contributed by atoms with Crippen LogP contribution in [-0.2, 0) is 84.5 Å². The summed E-state index contributed by atoms with van der Waals surface area (Å²) < 4.78 is 67.6. The second-order valence-electron chi connectivity index (χ2n) is 17.3. The molecule has 5 saturated heterocycles. The minimum absolute atomic E-state index is 0. The maximum absolute atomic E-state index is 11.9. The number of hydrogen-bond donors (Lipinski definition) is 2. The molecule has 5 aliphatic rings. The van der Waals surface area contributed by atoms with Gasteiger partial charge in [0.1, 0.15) is 49.2 Å². The number of rotatable bonds is 15. The SMILES string of the molecule is CPC.[B][C@@H]1O[C@@](CC)(CCC)C(C)[C@@H]1OC.[B][C@@H]1O[C@@](CC)(CCO)C(C)[C@@H]1OC.[B][C@@H]1O[C@@](CO)(CCBr)C(C)[C@@H]1OC.[B][C@@H]1O[C@@]2(CCP(C)(=O)OC2)C(OPC)[C@@H]1OC.[CH3-].[CH3-].[Ni].[Ni]. The zero-order valence-electron chi connectivity index (χ0n) is 43.6. The molecule has 13 nitrogen and oxygen atoms in total. The van der Waals surface area contributed by atoms with Crippen molar-refractivity contribution in [3.63, 3.8) is 0 Å². The summed E-state index contributed by atoms with van der Waals surface area (Å²) in [6.45, 7) is 20.9. The first-order valence-corrected chi connectivity index (χ1v) is 29.2. The predicted octanol–water partition coefficient (Wildman–Crippen LogP) is 6.50. The number of alkyl halides is 1. The molecule has 0 bridgehead atoms. The summed E-state index contributed by atoms with van der Waals surface area (Å²) in [5.41, 5.74) is -1.54. The van der Waals surface area contributed by atoms with Gasteiger partial charge >= 0.3 is 0 Å². The smallest absolute Gasteiger partial charge is 0.200 e. The number of methoxy groups -OCH3 is 4. The van der Waals surface area contributed by atoms with E-state index in [0.717, 1.165) is 46.0 Å². The zero-order chi connectivity index (χ0) is 48.4. The molecule has 6 unspecified atom stereocenters. The van der Waals surface area contributed by atoms with Crippen molar-refractivity contribution in [3.8, 4) is 0 Å². The summed E-state index contributed by atoms with van der Waals surface area (Å²) in [5.74, 6) is 0.706. The first-order valence-electron chi connectivity index (χ1n) is 22.4. The molecule has 1 spiro atoms. The largest absolute Gasteiger partial charge is 0.396 e. The molecule has 398 valence electrons. The Morgan fingerprint density at radius 3 is 1.37 bits per heavy atom. The van der Waals surface area contributed by atoms with Crippen molar-refractivity contribution in [2.45, 2.75) is 163 Å². The molecule has 5 fully saturated rings. The first kappa shape index (κ1) is 75.9. The molecule has 0 aromatic carbocycles. The van der Waals surface area contributed by atoms with Gasteiger partial charge in [-0.05, 0) is 58.5 Å². The van der Waals surface area contributed by atoms with E-state index >= 15 is 0 Å². The van der Waals surface area contributed by atoms with Crippen molar-refractivity contribution in [1.29, 1.82) is 0 Å². The Morgan fingerprint density at radius 1 is 0.687 bits per heavy atom. The predicted molar refractivity (Wildman–Crippen MR) is 278 cm³/mol. The van der Waals surface area contributed by atoms with E-state index in [-0.39, 0.29) is 133 Å². The normalized spacial score (nSPS) is 40.5. The van der Waals surface area contributed by atoms with E-state index in [1.54, 1.807) is 35.1 Å². The Morgan fingerprint density at radius 2 is 1.07 bits per heavy atom. The van der Waals surface area contributed by atoms with Gasteiger partial charge in [-0.25, -0.2) is 0 Å². The first-order chi connectivity index (χ1) is 29.7. The van der Waals surface area contributed by atoms with Gasteiger partial charge < -0.3 is 72.0 Å². The molecule has 8 radical (unpaired) electrons. The molecule has 0 aromatic rings. The van der Waals surface area contributed by atoms with Crippen LogP contribution in [0.25, 0.3) is 0 Å². The molecule has 5 rings (SSSR count). The molecular weight excluding hydrogens is 1070 g/mol. The second kappa shape index (κ2) is 36.3. The Balaban J connectivity index is -0.000000382. The fourth-order valence-corrected chi connectivity index (χ4v) is 12.4. The van der Waals surface area contributed by atoms with Crippen LogP contribution < -0.4 is 0 Å². The van der Waals surface area contributed by atoms with Crippen molar-refractivity contribution in [2.24, 2.45) is 17.8 Å². The van der Waals surface area contributed by atoms with Crippen molar-refractivity contribution in [2.75, 3.05) is 86.4 Å². The third kappa shape index (κ3) is 19.5. The second-order valence-corrected chi connectivity index (χ2v) is 22.5. The molecule has 0 saturated carbocycles. The van der Waals surface area contributed by atoms with Gasteiger partial charge in [-0.3, -0.25) is 4.57 Å². The number of aliphatic hydroxyl groups is 2. The van der Waals surface area contributed by atoms with E-state index in [1.165, 1.54) is 0 Å². The van der Waals surface area contributed by atoms with Gasteiger partial charge in [-0.2, -0.15) is 0 Å². The van der Waals surface area contributed by atoms with Crippen molar-refractivity contribution in [1.82, 2.24) is 0 Å². The standard InChI is InChI=1S/C11H21BO2.C10H19BO5P2.C10H19BO3.C9H16BBrO3.C2H7P.2CH3.2Ni/c1-5-7-11(6-2)8(3)9(13-4)10(12)14-11;1-13-7-8(16-17-2)10(15-9(7)11)4-5-18(3,12)14-6-10;1-4-10(5-6-12)7(2)8(13-3)9(11)14-10;1-6-7(13-2)8(10)14-9(6,5-12)3-4-11;1-3-2;;;;/h8-10H,5-7H2,1-4H3;7-9,17H,4-6H2,1-3H3;7-9,12H,4-6H2,1-3H3;6-8,12H,3-5H2,1-2H3;3H,1-2H3;2*1H3;;/q;;;;;2*-1;;/t8?,9-,10+,11-;7-,8?,9+,10+,18?;7?,8-,9+,10-;6?,7-,8+,9+;;;;;/m0000...../s1. The Bertz CT molecular complexity index is 1220. The summed E-state index contributed by atoms with van der Waals surface area (Å²) in [6, 6.07) is -1.61. The van der Waals surface area contributed by atoms with Crippen molar-refractivity contribution < 1.29 is 94.7 Å². The van der Waals surface area contributed by atoms with Gasteiger partial charge in [-0.1, -0.05) is 63.9 Å². The quantitative estimate of drug-likeness (QED) is 0.0796. The topological polar surface area (TPSA) is 150 Å². The summed E-state index contributed by atoms with van der Waals surface area (Å²) in [5, 5.41) is 19.2. The van der Waals surface area contributed by atoms with Crippen LogP contribution in [0.3, 0.4) is 0 Å². The van der Waals surface area contributed by atoms with Crippen LogP contribution in [0.2, 0.25) is 0 Å². The van der Waals surface area contributed by atoms with Crippen molar-refractivity contribution >= 4 is 72.1 Å². The van der Waals surface area contributed by atoms with E-state index in [2.05, 4.69) is 63.9 Å². The Hall–Kier alpha value is 2.34. The Labute approximate surface area is 446 Å². The molecule has 18 atom stereocenters. The van der Waals surface area contributed by atoms with Gasteiger partial charge in [0, 0.05) is 137 Å². The number of ether oxygens (including phenoxy) is 8. The number of halogens is 1. The minimum Gasteiger partial charge on any atom is -0.396 e. The van der Waals surface area contributed by atoms with Gasteiger partial charge in [0.05, 0.1) is 48.3 Å². The summed E-state index contributed by atoms with van der Waals surface area (Å²) >= 11 is 3.35. The van der Waals surface area contributed by atoms with E-state index in [4.69, 9.17) is 83.4 Å². The Kier molecular flexibility index (Phi) is 41.1. The van der Waals surface area contributed by atoms with Crippen LogP contribution in [0, 0.1) is 32.6 Å². The maximum Gasteiger partial charge on any atom is 0.200 e. The van der Waals surface area contributed by atoms with Crippen LogP contribution >= 0.6 is 40.7 Å². The number of aliphatic hydroxyl groups excluding tert-OH is 2. The van der Waals surface area contributed by atoms with Crippen LogP contribution in [0.4, 0.5) is 0 Å². The van der Waals surface area contributed by atoms with E-state index in [1.807, 2.05) is 13.6 Å².